The quantitative estimate of drug-likeness (QED) is 0.674. The van der Waals surface area contributed by atoms with E-state index in [0.29, 0.717) is 12.1 Å². The van der Waals surface area contributed by atoms with Crippen molar-refractivity contribution in [2.75, 3.05) is 7.11 Å². The number of carbonyl (C=O) groups excluding carboxylic acids is 1. The molecule has 0 aromatic rings. The summed E-state index contributed by atoms with van der Waals surface area (Å²) in [7, 11) is 1.46. The molecule has 0 aromatic heterocycles. The molecule has 3 heteroatoms. The molecule has 76 valence electrons. The average Bonchev–Trinajstić information content (AvgIpc) is 2.50. The van der Waals surface area contributed by atoms with Crippen LogP contribution in [-0.2, 0) is 9.53 Å². The second-order valence-electron chi connectivity index (χ2n) is 4.05. The Morgan fingerprint density at radius 2 is 2.15 bits per heavy atom. The summed E-state index contributed by atoms with van der Waals surface area (Å²) in [5.41, 5.74) is 0. The van der Waals surface area contributed by atoms with Gasteiger partial charge in [-0.3, -0.25) is 4.79 Å². The van der Waals surface area contributed by atoms with Crippen molar-refractivity contribution in [2.45, 2.75) is 45.2 Å². The lowest BCUT2D eigenvalue weighted by atomic mass is 10.1. The van der Waals surface area contributed by atoms with Gasteiger partial charge in [0.05, 0.1) is 13.0 Å². The molecule has 0 bridgehead atoms. The summed E-state index contributed by atoms with van der Waals surface area (Å²) >= 11 is 0. The van der Waals surface area contributed by atoms with Crippen LogP contribution >= 0.6 is 0 Å². The molecule has 0 aliphatic heterocycles. The number of hydrogen-bond acceptors (Lipinski definition) is 3. The SMILES string of the molecule is COC(=O)[C@@H]1CC[C@H](NC(C)C)C1. The van der Waals surface area contributed by atoms with E-state index in [1.807, 2.05) is 0 Å². The summed E-state index contributed by atoms with van der Waals surface area (Å²) in [6.45, 7) is 4.26. The number of nitrogens with one attached hydrogen (secondary N) is 1. The van der Waals surface area contributed by atoms with Crippen LogP contribution in [0.2, 0.25) is 0 Å². The summed E-state index contributed by atoms with van der Waals surface area (Å²) in [5, 5.41) is 3.44. The first kappa shape index (κ1) is 10.5. The zero-order valence-electron chi connectivity index (χ0n) is 8.67. The van der Waals surface area contributed by atoms with Gasteiger partial charge in [0, 0.05) is 12.1 Å². The number of hydrogen-bond donors (Lipinski definition) is 1. The Hall–Kier alpha value is -0.570. The monoisotopic (exact) mass is 185 g/mol. The van der Waals surface area contributed by atoms with Gasteiger partial charge in [-0.25, -0.2) is 0 Å². The molecule has 1 rings (SSSR count). The van der Waals surface area contributed by atoms with Crippen LogP contribution in [0.15, 0.2) is 0 Å². The third kappa shape index (κ3) is 2.99. The van der Waals surface area contributed by atoms with Crippen LogP contribution in [0.25, 0.3) is 0 Å². The van der Waals surface area contributed by atoms with E-state index in [0.717, 1.165) is 19.3 Å². The van der Waals surface area contributed by atoms with Gasteiger partial charge in [0.15, 0.2) is 0 Å². The molecule has 1 saturated carbocycles. The lowest BCUT2D eigenvalue weighted by Gasteiger charge is -2.15. The molecule has 1 N–H and O–H groups in total. The molecule has 0 spiro atoms. The van der Waals surface area contributed by atoms with Crippen LogP contribution in [0.3, 0.4) is 0 Å². The largest absolute Gasteiger partial charge is 0.469 e. The number of methoxy groups -OCH3 is 1. The predicted molar refractivity (Wildman–Crippen MR) is 51.4 cm³/mol. The Labute approximate surface area is 79.8 Å². The molecular formula is C10H19NO2. The molecule has 0 heterocycles. The van der Waals surface area contributed by atoms with E-state index in [1.54, 1.807) is 0 Å². The van der Waals surface area contributed by atoms with Crippen molar-refractivity contribution in [3.05, 3.63) is 0 Å². The fourth-order valence-corrected chi connectivity index (χ4v) is 1.99. The molecule has 0 aromatic carbocycles. The predicted octanol–water partition coefficient (Wildman–Crippen LogP) is 1.33. The van der Waals surface area contributed by atoms with Crippen molar-refractivity contribution < 1.29 is 9.53 Å². The number of ether oxygens (including phenoxy) is 1. The van der Waals surface area contributed by atoms with Gasteiger partial charge in [0.25, 0.3) is 0 Å². The summed E-state index contributed by atoms with van der Waals surface area (Å²) in [4.78, 5) is 11.2. The van der Waals surface area contributed by atoms with Gasteiger partial charge < -0.3 is 10.1 Å². The van der Waals surface area contributed by atoms with Crippen molar-refractivity contribution in [1.29, 1.82) is 0 Å². The van der Waals surface area contributed by atoms with Gasteiger partial charge in [-0.2, -0.15) is 0 Å². The van der Waals surface area contributed by atoms with Crippen LogP contribution in [0.4, 0.5) is 0 Å². The summed E-state index contributed by atoms with van der Waals surface area (Å²) in [6.07, 6.45) is 3.00. The lowest BCUT2D eigenvalue weighted by molar-refractivity contribution is -0.145. The maximum Gasteiger partial charge on any atom is 0.308 e. The molecule has 1 aliphatic carbocycles. The third-order valence-electron chi connectivity index (χ3n) is 2.54. The summed E-state index contributed by atoms with van der Waals surface area (Å²) in [5.74, 6) is 0.0781. The van der Waals surface area contributed by atoms with E-state index in [9.17, 15) is 4.79 Å². The normalized spacial score (nSPS) is 28.0. The highest BCUT2D eigenvalue weighted by atomic mass is 16.5. The standard InChI is InChI=1S/C10H19NO2/c1-7(2)11-9-5-4-8(6-9)10(12)13-3/h7-9,11H,4-6H2,1-3H3/t8-,9+/m1/s1. The number of carbonyl (C=O) groups is 1. The molecule has 0 saturated heterocycles. The van der Waals surface area contributed by atoms with Gasteiger partial charge in [-0.05, 0) is 19.3 Å². The van der Waals surface area contributed by atoms with Crippen LogP contribution in [0.5, 0.6) is 0 Å². The summed E-state index contributed by atoms with van der Waals surface area (Å²) < 4.78 is 4.72. The van der Waals surface area contributed by atoms with Crippen molar-refractivity contribution in [3.8, 4) is 0 Å². The van der Waals surface area contributed by atoms with Gasteiger partial charge in [-0.1, -0.05) is 13.8 Å². The molecule has 3 nitrogen and oxygen atoms in total. The van der Waals surface area contributed by atoms with Crippen LogP contribution in [-0.4, -0.2) is 25.2 Å². The Morgan fingerprint density at radius 1 is 1.46 bits per heavy atom. The highest BCUT2D eigenvalue weighted by Crippen LogP contribution is 2.26. The Balaban J connectivity index is 2.32. The molecule has 0 unspecified atom stereocenters. The second kappa shape index (κ2) is 4.61. The van der Waals surface area contributed by atoms with Gasteiger partial charge >= 0.3 is 5.97 Å². The maximum atomic E-state index is 11.2. The van der Waals surface area contributed by atoms with Gasteiger partial charge in [0.2, 0.25) is 0 Å². The van der Waals surface area contributed by atoms with E-state index in [4.69, 9.17) is 4.74 Å². The molecule has 0 amide bonds. The fourth-order valence-electron chi connectivity index (χ4n) is 1.99. The average molecular weight is 185 g/mol. The van der Waals surface area contributed by atoms with Crippen molar-refractivity contribution in [3.63, 3.8) is 0 Å². The first-order chi connectivity index (χ1) is 6.13. The van der Waals surface area contributed by atoms with Crippen LogP contribution < -0.4 is 5.32 Å². The minimum atomic E-state index is -0.0481. The zero-order valence-corrected chi connectivity index (χ0v) is 8.67. The second-order valence-corrected chi connectivity index (χ2v) is 4.05. The number of esters is 1. The molecule has 13 heavy (non-hydrogen) atoms. The van der Waals surface area contributed by atoms with Crippen LogP contribution in [0.1, 0.15) is 33.1 Å². The Bertz CT molecular complexity index is 180. The van der Waals surface area contributed by atoms with E-state index in [-0.39, 0.29) is 11.9 Å². The molecule has 1 aliphatic rings. The molecular weight excluding hydrogens is 166 g/mol. The van der Waals surface area contributed by atoms with Gasteiger partial charge in [-0.15, -0.1) is 0 Å². The minimum Gasteiger partial charge on any atom is -0.469 e. The molecule has 1 fully saturated rings. The van der Waals surface area contributed by atoms with E-state index < -0.39 is 0 Å². The number of rotatable bonds is 3. The van der Waals surface area contributed by atoms with E-state index in [1.165, 1.54) is 7.11 Å². The molecule has 0 radical (unpaired) electrons. The molecule has 2 atom stereocenters. The maximum absolute atomic E-state index is 11.2. The third-order valence-corrected chi connectivity index (χ3v) is 2.54. The van der Waals surface area contributed by atoms with Crippen molar-refractivity contribution in [1.82, 2.24) is 5.32 Å². The van der Waals surface area contributed by atoms with E-state index in [2.05, 4.69) is 19.2 Å². The lowest BCUT2D eigenvalue weighted by Crippen LogP contribution is -2.33. The zero-order chi connectivity index (χ0) is 9.84. The topological polar surface area (TPSA) is 38.3 Å². The first-order valence-corrected chi connectivity index (χ1v) is 4.97. The smallest absolute Gasteiger partial charge is 0.308 e. The van der Waals surface area contributed by atoms with Gasteiger partial charge in [0.1, 0.15) is 0 Å². The van der Waals surface area contributed by atoms with Crippen molar-refractivity contribution >= 4 is 5.97 Å². The summed E-state index contributed by atoms with van der Waals surface area (Å²) in [6, 6.07) is 1.01. The minimum absolute atomic E-state index is 0.0481. The Kier molecular flexibility index (Phi) is 3.72. The highest BCUT2D eigenvalue weighted by molar-refractivity contribution is 5.72. The Morgan fingerprint density at radius 3 is 2.69 bits per heavy atom. The van der Waals surface area contributed by atoms with E-state index >= 15 is 0 Å². The first-order valence-electron chi connectivity index (χ1n) is 4.97. The van der Waals surface area contributed by atoms with Crippen molar-refractivity contribution in [2.24, 2.45) is 5.92 Å². The highest BCUT2D eigenvalue weighted by Gasteiger charge is 2.30. The fraction of sp³-hybridized carbons (Fsp3) is 0.900. The van der Waals surface area contributed by atoms with Crippen LogP contribution in [0, 0.1) is 5.92 Å².